The lowest BCUT2D eigenvalue weighted by Crippen LogP contribution is -2.41. The third-order valence-electron chi connectivity index (χ3n) is 4.21. The summed E-state index contributed by atoms with van der Waals surface area (Å²) in [7, 11) is 0. The molecule has 0 saturated carbocycles. The highest BCUT2D eigenvalue weighted by atomic mass is 16.5. The van der Waals surface area contributed by atoms with Gasteiger partial charge in [-0.15, -0.1) is 0 Å². The predicted octanol–water partition coefficient (Wildman–Crippen LogP) is 2.47. The van der Waals surface area contributed by atoms with E-state index in [1.807, 2.05) is 32.0 Å². The Morgan fingerprint density at radius 1 is 1.45 bits per heavy atom. The summed E-state index contributed by atoms with van der Waals surface area (Å²) in [4.78, 5) is 12.3. The second-order valence-corrected chi connectivity index (χ2v) is 5.31. The number of carbonyl (C=O) groups excluding carboxylic acids is 1. The van der Waals surface area contributed by atoms with Crippen LogP contribution >= 0.6 is 0 Å². The zero-order valence-corrected chi connectivity index (χ0v) is 12.2. The molecule has 2 atom stereocenters. The number of carbonyl (C=O) groups is 1. The molecule has 20 heavy (non-hydrogen) atoms. The Balaban J connectivity index is 2.20. The van der Waals surface area contributed by atoms with Gasteiger partial charge >= 0.3 is 5.97 Å². The largest absolute Gasteiger partial charge is 0.493 e. The van der Waals surface area contributed by atoms with Crippen LogP contribution in [0.5, 0.6) is 5.75 Å². The van der Waals surface area contributed by atoms with Gasteiger partial charge in [-0.05, 0) is 25.8 Å². The lowest BCUT2D eigenvalue weighted by atomic mass is 9.75. The third kappa shape index (κ3) is 2.66. The van der Waals surface area contributed by atoms with Gasteiger partial charge in [0.25, 0.3) is 0 Å². The maximum atomic E-state index is 12.3. The SMILES string of the molecule is CCOC(=O)C(CC)(CN)CC1COc2ccccc21. The van der Waals surface area contributed by atoms with E-state index in [1.54, 1.807) is 0 Å². The Morgan fingerprint density at radius 2 is 2.20 bits per heavy atom. The number of fused-ring (bicyclic) bond motifs is 1. The van der Waals surface area contributed by atoms with Crippen LogP contribution in [0.15, 0.2) is 24.3 Å². The fourth-order valence-electron chi connectivity index (χ4n) is 2.84. The average Bonchev–Trinajstić information content (AvgIpc) is 2.88. The molecule has 2 unspecified atom stereocenters. The molecule has 0 aliphatic carbocycles. The molecule has 1 aromatic rings. The highest BCUT2D eigenvalue weighted by Crippen LogP contribution is 2.42. The van der Waals surface area contributed by atoms with Crippen LogP contribution in [0.4, 0.5) is 0 Å². The van der Waals surface area contributed by atoms with Crippen LogP contribution in [0.1, 0.15) is 38.2 Å². The van der Waals surface area contributed by atoms with Gasteiger partial charge in [0.1, 0.15) is 5.75 Å². The van der Waals surface area contributed by atoms with E-state index < -0.39 is 5.41 Å². The molecule has 1 aromatic carbocycles. The number of ether oxygens (including phenoxy) is 2. The molecule has 110 valence electrons. The zero-order chi connectivity index (χ0) is 14.6. The smallest absolute Gasteiger partial charge is 0.313 e. The molecule has 1 aliphatic rings. The first-order chi connectivity index (χ1) is 9.66. The van der Waals surface area contributed by atoms with Crippen molar-refractivity contribution in [2.24, 2.45) is 11.1 Å². The van der Waals surface area contributed by atoms with E-state index >= 15 is 0 Å². The molecule has 2 rings (SSSR count). The van der Waals surface area contributed by atoms with E-state index in [2.05, 4.69) is 6.07 Å². The summed E-state index contributed by atoms with van der Waals surface area (Å²) < 4.78 is 10.9. The molecule has 0 spiro atoms. The Bertz CT molecular complexity index is 469. The van der Waals surface area contributed by atoms with Gasteiger partial charge in [-0.1, -0.05) is 25.1 Å². The van der Waals surface area contributed by atoms with Crippen molar-refractivity contribution < 1.29 is 14.3 Å². The zero-order valence-electron chi connectivity index (χ0n) is 12.2. The number of benzene rings is 1. The number of hydrogen-bond donors (Lipinski definition) is 1. The van der Waals surface area contributed by atoms with E-state index in [0.717, 1.165) is 5.75 Å². The van der Waals surface area contributed by atoms with Crippen LogP contribution in [0.2, 0.25) is 0 Å². The minimum Gasteiger partial charge on any atom is -0.493 e. The maximum absolute atomic E-state index is 12.3. The summed E-state index contributed by atoms with van der Waals surface area (Å²) in [6, 6.07) is 7.99. The Kier molecular flexibility index (Phi) is 4.65. The molecule has 1 aliphatic heterocycles. The van der Waals surface area contributed by atoms with Gasteiger partial charge < -0.3 is 15.2 Å². The van der Waals surface area contributed by atoms with Crippen molar-refractivity contribution >= 4 is 5.97 Å². The molecule has 0 bridgehead atoms. The normalized spacial score (nSPS) is 19.9. The molecular formula is C16H23NO3. The summed E-state index contributed by atoms with van der Waals surface area (Å²) in [5, 5.41) is 0. The Hall–Kier alpha value is -1.55. The Labute approximate surface area is 120 Å². The molecule has 4 heteroatoms. The van der Waals surface area contributed by atoms with Crippen LogP contribution in [0.25, 0.3) is 0 Å². The van der Waals surface area contributed by atoms with Crippen LogP contribution in [-0.2, 0) is 9.53 Å². The van der Waals surface area contributed by atoms with Crippen LogP contribution in [0, 0.1) is 5.41 Å². The van der Waals surface area contributed by atoms with Gasteiger partial charge in [0.05, 0.1) is 18.6 Å². The second-order valence-electron chi connectivity index (χ2n) is 5.31. The quantitative estimate of drug-likeness (QED) is 0.811. The van der Waals surface area contributed by atoms with Crippen LogP contribution in [-0.4, -0.2) is 25.7 Å². The highest BCUT2D eigenvalue weighted by Gasteiger charge is 2.41. The van der Waals surface area contributed by atoms with Crippen molar-refractivity contribution in [2.45, 2.75) is 32.6 Å². The predicted molar refractivity (Wildman–Crippen MR) is 77.7 cm³/mol. The van der Waals surface area contributed by atoms with Crippen LogP contribution < -0.4 is 10.5 Å². The van der Waals surface area contributed by atoms with Crippen molar-refractivity contribution in [3.63, 3.8) is 0 Å². The van der Waals surface area contributed by atoms with Crippen molar-refractivity contribution in [3.8, 4) is 5.75 Å². The number of esters is 1. The first kappa shape index (κ1) is 14.9. The van der Waals surface area contributed by atoms with E-state index in [4.69, 9.17) is 15.2 Å². The third-order valence-corrected chi connectivity index (χ3v) is 4.21. The van der Waals surface area contributed by atoms with Gasteiger partial charge in [-0.25, -0.2) is 0 Å². The number of hydrogen-bond acceptors (Lipinski definition) is 4. The molecule has 0 radical (unpaired) electrons. The van der Waals surface area contributed by atoms with Crippen molar-refractivity contribution in [2.75, 3.05) is 19.8 Å². The number of rotatable bonds is 6. The highest BCUT2D eigenvalue weighted by molar-refractivity contribution is 5.77. The van der Waals surface area contributed by atoms with E-state index in [9.17, 15) is 4.79 Å². The van der Waals surface area contributed by atoms with Crippen molar-refractivity contribution in [3.05, 3.63) is 29.8 Å². The molecule has 1 heterocycles. The van der Waals surface area contributed by atoms with E-state index in [-0.39, 0.29) is 11.9 Å². The summed E-state index contributed by atoms with van der Waals surface area (Å²) in [6.45, 7) is 5.12. The molecule has 0 amide bonds. The number of para-hydroxylation sites is 1. The minimum absolute atomic E-state index is 0.186. The average molecular weight is 277 g/mol. The van der Waals surface area contributed by atoms with Crippen molar-refractivity contribution in [1.29, 1.82) is 0 Å². The summed E-state index contributed by atoms with van der Waals surface area (Å²) in [6.07, 6.45) is 1.36. The number of nitrogens with two attached hydrogens (primary N) is 1. The van der Waals surface area contributed by atoms with Crippen molar-refractivity contribution in [1.82, 2.24) is 0 Å². The van der Waals surface area contributed by atoms with E-state index in [1.165, 1.54) is 5.56 Å². The van der Waals surface area contributed by atoms with Gasteiger partial charge in [-0.2, -0.15) is 0 Å². The lowest BCUT2D eigenvalue weighted by Gasteiger charge is -2.31. The fourth-order valence-corrected chi connectivity index (χ4v) is 2.84. The fraction of sp³-hybridized carbons (Fsp3) is 0.562. The van der Waals surface area contributed by atoms with Gasteiger partial charge in [0, 0.05) is 18.0 Å². The summed E-state index contributed by atoms with van der Waals surface area (Å²) >= 11 is 0. The molecular weight excluding hydrogens is 254 g/mol. The molecule has 0 aromatic heterocycles. The van der Waals surface area contributed by atoms with Crippen LogP contribution in [0.3, 0.4) is 0 Å². The lowest BCUT2D eigenvalue weighted by molar-refractivity contribution is -0.156. The standard InChI is InChI=1S/C16H23NO3/c1-3-16(11-17,15(18)19-4-2)9-12-10-20-14-8-6-5-7-13(12)14/h5-8,12H,3-4,9-11,17H2,1-2H3. The molecule has 2 N–H and O–H groups in total. The van der Waals surface area contributed by atoms with E-state index in [0.29, 0.717) is 32.6 Å². The summed E-state index contributed by atoms with van der Waals surface area (Å²) in [5.74, 6) is 0.942. The van der Waals surface area contributed by atoms with Gasteiger partial charge in [0.2, 0.25) is 0 Å². The van der Waals surface area contributed by atoms with Gasteiger partial charge in [0.15, 0.2) is 0 Å². The Morgan fingerprint density at radius 3 is 2.85 bits per heavy atom. The van der Waals surface area contributed by atoms with Gasteiger partial charge in [-0.3, -0.25) is 4.79 Å². The molecule has 0 saturated heterocycles. The molecule has 4 nitrogen and oxygen atoms in total. The summed E-state index contributed by atoms with van der Waals surface area (Å²) in [5.41, 5.74) is 6.47. The monoisotopic (exact) mass is 277 g/mol. The topological polar surface area (TPSA) is 61.5 Å². The minimum atomic E-state index is -0.610. The first-order valence-electron chi connectivity index (χ1n) is 7.26. The molecule has 0 fully saturated rings. The first-order valence-corrected chi connectivity index (χ1v) is 7.26. The second kappa shape index (κ2) is 6.27. The maximum Gasteiger partial charge on any atom is 0.313 e.